The molecule has 2 aromatic carbocycles. The van der Waals surface area contributed by atoms with Gasteiger partial charge in [-0.2, -0.15) is 5.26 Å². The van der Waals surface area contributed by atoms with Gasteiger partial charge in [-0.1, -0.05) is 29.3 Å². The molecule has 0 spiro atoms. The first-order valence-corrected chi connectivity index (χ1v) is 7.54. The van der Waals surface area contributed by atoms with Crippen LogP contribution in [0.4, 0.5) is 17.1 Å². The second-order valence-electron chi connectivity index (χ2n) is 4.70. The van der Waals surface area contributed by atoms with Gasteiger partial charge in [0, 0.05) is 29.7 Å². The van der Waals surface area contributed by atoms with Crippen LogP contribution in [0.2, 0.25) is 10.0 Å². The summed E-state index contributed by atoms with van der Waals surface area (Å²) in [5.74, 6) is -0.712. The molecular formula is C16H10Cl2N4O3. The average molecular weight is 377 g/mol. The van der Waals surface area contributed by atoms with E-state index < -0.39 is 10.8 Å². The standard InChI is InChI=1S/C16H10Cl2N4O3/c17-14-5-4-11(7-15(14)18)20-9-10(8-19)16(23)21-12-2-1-3-13(6-12)22(24)25/h1-7,9,20H,(H,21,23)/b10-9-. The van der Waals surface area contributed by atoms with E-state index in [0.717, 1.165) is 0 Å². The van der Waals surface area contributed by atoms with Gasteiger partial charge in [0.15, 0.2) is 0 Å². The Kier molecular flexibility index (Phi) is 5.95. The first kappa shape index (κ1) is 18.3. The first-order chi connectivity index (χ1) is 11.9. The predicted octanol–water partition coefficient (Wildman–Crippen LogP) is 4.36. The van der Waals surface area contributed by atoms with Gasteiger partial charge in [-0.25, -0.2) is 0 Å². The van der Waals surface area contributed by atoms with Crippen molar-refractivity contribution >= 4 is 46.2 Å². The summed E-state index contributed by atoms with van der Waals surface area (Å²) >= 11 is 11.7. The van der Waals surface area contributed by atoms with Gasteiger partial charge < -0.3 is 10.6 Å². The third-order valence-electron chi connectivity index (χ3n) is 2.98. The number of carbonyl (C=O) groups is 1. The molecule has 9 heteroatoms. The van der Waals surface area contributed by atoms with Crippen LogP contribution < -0.4 is 10.6 Å². The summed E-state index contributed by atoms with van der Waals surface area (Å²) < 4.78 is 0. The van der Waals surface area contributed by atoms with E-state index in [2.05, 4.69) is 10.6 Å². The van der Waals surface area contributed by atoms with E-state index in [1.165, 1.54) is 36.5 Å². The van der Waals surface area contributed by atoms with Crippen molar-refractivity contribution in [1.29, 1.82) is 5.26 Å². The van der Waals surface area contributed by atoms with Crippen molar-refractivity contribution in [2.24, 2.45) is 0 Å². The monoisotopic (exact) mass is 376 g/mol. The third-order valence-corrected chi connectivity index (χ3v) is 3.72. The number of rotatable bonds is 5. The van der Waals surface area contributed by atoms with Crippen molar-refractivity contribution in [3.05, 3.63) is 74.4 Å². The minimum Gasteiger partial charge on any atom is -0.360 e. The van der Waals surface area contributed by atoms with Gasteiger partial charge in [-0.3, -0.25) is 14.9 Å². The maximum absolute atomic E-state index is 12.1. The van der Waals surface area contributed by atoms with Gasteiger partial charge in [0.25, 0.3) is 11.6 Å². The highest BCUT2D eigenvalue weighted by Gasteiger charge is 2.12. The average Bonchev–Trinajstić information content (AvgIpc) is 2.58. The highest BCUT2D eigenvalue weighted by Crippen LogP contribution is 2.25. The Labute approximate surface area is 152 Å². The number of hydrogen-bond donors (Lipinski definition) is 2. The normalized spacial score (nSPS) is 10.7. The van der Waals surface area contributed by atoms with Gasteiger partial charge in [0.1, 0.15) is 11.6 Å². The molecule has 0 fully saturated rings. The number of non-ortho nitro benzene ring substituents is 1. The molecular weight excluding hydrogens is 367 g/mol. The van der Waals surface area contributed by atoms with Crippen molar-refractivity contribution < 1.29 is 9.72 Å². The third kappa shape index (κ3) is 4.94. The quantitative estimate of drug-likeness (QED) is 0.348. The molecule has 25 heavy (non-hydrogen) atoms. The Hall–Kier alpha value is -3.08. The van der Waals surface area contributed by atoms with E-state index in [9.17, 15) is 14.9 Å². The summed E-state index contributed by atoms with van der Waals surface area (Å²) in [7, 11) is 0. The number of carbonyl (C=O) groups excluding carboxylic acids is 1. The van der Waals surface area contributed by atoms with Gasteiger partial charge in [0.05, 0.1) is 15.0 Å². The molecule has 0 atom stereocenters. The predicted molar refractivity (Wildman–Crippen MR) is 95.5 cm³/mol. The van der Waals surface area contributed by atoms with Crippen LogP contribution in [-0.2, 0) is 4.79 Å². The minimum absolute atomic E-state index is 0.172. The largest absolute Gasteiger partial charge is 0.360 e. The molecule has 1 amide bonds. The Morgan fingerprint density at radius 1 is 1.16 bits per heavy atom. The van der Waals surface area contributed by atoms with E-state index in [1.54, 1.807) is 18.2 Å². The highest BCUT2D eigenvalue weighted by molar-refractivity contribution is 6.42. The molecule has 0 aromatic heterocycles. The molecule has 0 aliphatic heterocycles. The zero-order valence-electron chi connectivity index (χ0n) is 12.5. The fraction of sp³-hybridized carbons (Fsp3) is 0. The molecule has 0 heterocycles. The number of nitrogens with one attached hydrogen (secondary N) is 2. The zero-order chi connectivity index (χ0) is 18.4. The summed E-state index contributed by atoms with van der Waals surface area (Å²) in [4.78, 5) is 22.3. The van der Waals surface area contributed by atoms with E-state index in [0.29, 0.717) is 15.7 Å². The zero-order valence-corrected chi connectivity index (χ0v) is 14.0. The second-order valence-corrected chi connectivity index (χ2v) is 5.52. The number of nitriles is 1. The van der Waals surface area contributed by atoms with Crippen molar-refractivity contribution in [3.8, 4) is 6.07 Å². The summed E-state index contributed by atoms with van der Waals surface area (Å²) in [5, 5.41) is 25.7. The number of nitro groups is 1. The lowest BCUT2D eigenvalue weighted by atomic mass is 10.2. The number of halogens is 2. The van der Waals surface area contributed by atoms with Gasteiger partial charge >= 0.3 is 0 Å². The van der Waals surface area contributed by atoms with Crippen LogP contribution in [-0.4, -0.2) is 10.8 Å². The van der Waals surface area contributed by atoms with Crippen molar-refractivity contribution in [3.63, 3.8) is 0 Å². The summed E-state index contributed by atoms with van der Waals surface area (Å²) in [6.45, 7) is 0. The van der Waals surface area contributed by atoms with E-state index in [1.807, 2.05) is 0 Å². The van der Waals surface area contributed by atoms with Gasteiger partial charge in [-0.05, 0) is 24.3 Å². The van der Waals surface area contributed by atoms with Crippen LogP contribution in [0.15, 0.2) is 54.2 Å². The summed E-state index contributed by atoms with van der Waals surface area (Å²) in [5.41, 5.74) is 0.340. The lowest BCUT2D eigenvalue weighted by molar-refractivity contribution is -0.384. The number of nitro benzene ring substituents is 1. The molecule has 0 aliphatic carbocycles. The highest BCUT2D eigenvalue weighted by atomic mass is 35.5. The van der Waals surface area contributed by atoms with E-state index in [4.69, 9.17) is 28.5 Å². The molecule has 0 unspecified atom stereocenters. The number of hydrogen-bond acceptors (Lipinski definition) is 5. The Morgan fingerprint density at radius 2 is 1.92 bits per heavy atom. The van der Waals surface area contributed by atoms with Crippen LogP contribution in [0.1, 0.15) is 0 Å². The van der Waals surface area contributed by atoms with Crippen LogP contribution in [0.25, 0.3) is 0 Å². The number of amides is 1. The SMILES string of the molecule is N#C/C(=C/Nc1ccc(Cl)c(Cl)c1)C(=O)Nc1cccc([N+](=O)[O-])c1. The minimum atomic E-state index is -0.712. The topological polar surface area (TPSA) is 108 Å². The van der Waals surface area contributed by atoms with Gasteiger partial charge in [0.2, 0.25) is 0 Å². The number of anilines is 2. The fourth-order valence-corrected chi connectivity index (χ4v) is 2.08. The van der Waals surface area contributed by atoms with Crippen LogP contribution >= 0.6 is 23.2 Å². The lowest BCUT2D eigenvalue weighted by Crippen LogP contribution is -2.14. The summed E-state index contributed by atoms with van der Waals surface area (Å²) in [6, 6.07) is 11.9. The second kappa shape index (κ2) is 8.15. The van der Waals surface area contributed by atoms with Crippen LogP contribution in [0, 0.1) is 21.4 Å². The molecule has 2 N–H and O–H groups in total. The molecule has 7 nitrogen and oxygen atoms in total. The summed E-state index contributed by atoms with van der Waals surface area (Å²) in [6.07, 6.45) is 1.20. The van der Waals surface area contributed by atoms with Crippen molar-refractivity contribution in [2.75, 3.05) is 10.6 Å². The molecule has 126 valence electrons. The first-order valence-electron chi connectivity index (χ1n) is 6.78. The Balaban J connectivity index is 2.12. The molecule has 2 aromatic rings. The Bertz CT molecular complexity index is 906. The van der Waals surface area contributed by atoms with E-state index in [-0.39, 0.29) is 16.9 Å². The van der Waals surface area contributed by atoms with Crippen LogP contribution in [0.3, 0.4) is 0 Å². The van der Waals surface area contributed by atoms with Crippen LogP contribution in [0.5, 0.6) is 0 Å². The maximum atomic E-state index is 12.1. The molecule has 0 radical (unpaired) electrons. The molecule has 2 rings (SSSR count). The smallest absolute Gasteiger partial charge is 0.271 e. The number of benzene rings is 2. The van der Waals surface area contributed by atoms with E-state index >= 15 is 0 Å². The molecule has 0 aliphatic rings. The molecule has 0 saturated heterocycles. The number of nitrogens with zero attached hydrogens (tertiary/aromatic N) is 2. The lowest BCUT2D eigenvalue weighted by Gasteiger charge is -2.06. The molecule has 0 bridgehead atoms. The fourth-order valence-electron chi connectivity index (χ4n) is 1.79. The van der Waals surface area contributed by atoms with Crippen molar-refractivity contribution in [1.82, 2.24) is 0 Å². The Morgan fingerprint density at radius 3 is 2.56 bits per heavy atom. The maximum Gasteiger partial charge on any atom is 0.271 e. The molecule has 0 saturated carbocycles. The van der Waals surface area contributed by atoms with Crippen molar-refractivity contribution in [2.45, 2.75) is 0 Å². The van der Waals surface area contributed by atoms with Gasteiger partial charge in [-0.15, -0.1) is 0 Å².